The topological polar surface area (TPSA) is 90.9 Å². The van der Waals surface area contributed by atoms with Gasteiger partial charge in [0, 0.05) is 12.2 Å². The molecule has 0 spiro atoms. The van der Waals surface area contributed by atoms with Crippen LogP contribution in [0, 0.1) is 10.8 Å². The van der Waals surface area contributed by atoms with Gasteiger partial charge in [0.1, 0.15) is 24.5 Å². The van der Waals surface area contributed by atoms with E-state index in [0.717, 1.165) is 18.6 Å². The Morgan fingerprint density at radius 3 is 1.74 bits per heavy atom. The van der Waals surface area contributed by atoms with Crippen molar-refractivity contribution in [3.05, 3.63) is 55.1 Å². The lowest BCUT2D eigenvalue weighted by Crippen LogP contribution is -2.54. The molecule has 0 saturated carbocycles. The van der Waals surface area contributed by atoms with E-state index in [-0.39, 0.29) is 24.0 Å². The number of hydrogen-bond acceptors (Lipinski definition) is 6. The molecule has 0 bridgehead atoms. The standard InChI is InChI=1S/C27H39NO6/c1-10-22(29)32-17-27(9,18-33-23(30)11-2)28-24(31)34-20-14-12-19(13-15-20)21(26(6,7)8)16-25(3,4)5/h10-15,21H,1-2,16-18H2,3-9H3,(H,28,31). The predicted molar refractivity (Wildman–Crippen MR) is 133 cm³/mol. The highest BCUT2D eigenvalue weighted by molar-refractivity contribution is 5.82. The molecule has 1 unspecified atom stereocenters. The maximum atomic E-state index is 12.6. The number of carbonyl (C=O) groups is 3. The van der Waals surface area contributed by atoms with Crippen LogP contribution in [0.1, 0.15) is 66.4 Å². The van der Waals surface area contributed by atoms with Gasteiger partial charge in [-0.1, -0.05) is 66.8 Å². The van der Waals surface area contributed by atoms with Crippen molar-refractivity contribution < 1.29 is 28.6 Å². The zero-order chi connectivity index (χ0) is 26.2. The Hall–Kier alpha value is -3.09. The number of benzene rings is 1. The Balaban J connectivity index is 2.94. The van der Waals surface area contributed by atoms with Crippen LogP contribution >= 0.6 is 0 Å². The van der Waals surface area contributed by atoms with E-state index in [2.05, 4.69) is 60.0 Å². The van der Waals surface area contributed by atoms with Gasteiger partial charge in [-0.15, -0.1) is 0 Å². The Morgan fingerprint density at radius 1 is 0.882 bits per heavy atom. The summed E-state index contributed by atoms with van der Waals surface area (Å²) in [5.41, 5.74) is 0.188. The maximum absolute atomic E-state index is 12.6. The molecule has 1 aromatic rings. The van der Waals surface area contributed by atoms with Gasteiger partial charge in [0.2, 0.25) is 0 Å². The summed E-state index contributed by atoms with van der Waals surface area (Å²) in [4.78, 5) is 35.5. The molecule has 0 heterocycles. The van der Waals surface area contributed by atoms with Crippen LogP contribution in [0.15, 0.2) is 49.6 Å². The third kappa shape index (κ3) is 10.2. The molecule has 0 radical (unpaired) electrons. The van der Waals surface area contributed by atoms with Gasteiger partial charge in [0.15, 0.2) is 0 Å². The van der Waals surface area contributed by atoms with Crippen LogP contribution in [-0.2, 0) is 19.1 Å². The molecule has 1 amide bonds. The van der Waals surface area contributed by atoms with Crippen molar-refractivity contribution in [3.63, 3.8) is 0 Å². The molecule has 7 heteroatoms. The maximum Gasteiger partial charge on any atom is 0.413 e. The third-order valence-electron chi connectivity index (χ3n) is 5.16. The molecule has 34 heavy (non-hydrogen) atoms. The summed E-state index contributed by atoms with van der Waals surface area (Å²) in [5.74, 6) is -0.651. The lowest BCUT2D eigenvalue weighted by Gasteiger charge is -2.36. The van der Waals surface area contributed by atoms with Crippen molar-refractivity contribution in [1.29, 1.82) is 0 Å². The second-order valence-electron chi connectivity index (χ2n) is 11.0. The van der Waals surface area contributed by atoms with E-state index in [1.807, 2.05) is 12.1 Å². The largest absolute Gasteiger partial charge is 0.460 e. The predicted octanol–water partition coefficient (Wildman–Crippen LogP) is 5.56. The monoisotopic (exact) mass is 473 g/mol. The third-order valence-corrected chi connectivity index (χ3v) is 5.16. The van der Waals surface area contributed by atoms with Crippen molar-refractivity contribution >= 4 is 18.0 Å². The van der Waals surface area contributed by atoms with Crippen LogP contribution < -0.4 is 10.1 Å². The summed E-state index contributed by atoms with van der Waals surface area (Å²) in [7, 11) is 0. The average Bonchev–Trinajstić information content (AvgIpc) is 2.73. The summed E-state index contributed by atoms with van der Waals surface area (Å²) in [6.45, 7) is 21.1. The summed E-state index contributed by atoms with van der Waals surface area (Å²) in [6, 6.07) is 7.45. The number of hydrogen-bond donors (Lipinski definition) is 1. The first-order chi connectivity index (χ1) is 15.6. The highest BCUT2D eigenvalue weighted by Gasteiger charge is 2.32. The molecular weight excluding hydrogens is 434 g/mol. The fourth-order valence-corrected chi connectivity index (χ4v) is 3.38. The first-order valence-electron chi connectivity index (χ1n) is 11.3. The molecule has 0 saturated heterocycles. The molecule has 1 N–H and O–H groups in total. The molecule has 1 rings (SSSR count). The fraction of sp³-hybridized carbons (Fsp3) is 0.519. The number of esters is 2. The molecule has 0 aliphatic carbocycles. The molecule has 1 aromatic carbocycles. The minimum Gasteiger partial charge on any atom is -0.460 e. The van der Waals surface area contributed by atoms with E-state index in [0.29, 0.717) is 11.7 Å². The van der Waals surface area contributed by atoms with Gasteiger partial charge >= 0.3 is 18.0 Å². The van der Waals surface area contributed by atoms with Crippen LogP contribution in [-0.4, -0.2) is 36.8 Å². The molecule has 0 aliphatic heterocycles. The van der Waals surface area contributed by atoms with Gasteiger partial charge in [0.05, 0.1) is 0 Å². The Kier molecular flexibility index (Phi) is 10.1. The number of carbonyl (C=O) groups excluding carboxylic acids is 3. The van der Waals surface area contributed by atoms with E-state index < -0.39 is 23.6 Å². The zero-order valence-corrected chi connectivity index (χ0v) is 21.5. The van der Waals surface area contributed by atoms with Gasteiger partial charge in [-0.05, 0) is 47.8 Å². The van der Waals surface area contributed by atoms with Gasteiger partial charge < -0.3 is 19.5 Å². The van der Waals surface area contributed by atoms with Crippen molar-refractivity contribution in [2.24, 2.45) is 10.8 Å². The molecule has 188 valence electrons. The van der Waals surface area contributed by atoms with Gasteiger partial charge in [-0.3, -0.25) is 0 Å². The van der Waals surface area contributed by atoms with Gasteiger partial charge in [-0.25, -0.2) is 14.4 Å². The minimum absolute atomic E-state index is 0.0700. The first kappa shape index (κ1) is 28.9. The summed E-state index contributed by atoms with van der Waals surface area (Å²) in [5, 5.41) is 2.61. The summed E-state index contributed by atoms with van der Waals surface area (Å²) >= 11 is 0. The molecule has 0 aromatic heterocycles. The fourth-order valence-electron chi connectivity index (χ4n) is 3.38. The average molecular weight is 474 g/mol. The van der Waals surface area contributed by atoms with Crippen molar-refractivity contribution in [1.82, 2.24) is 5.32 Å². The van der Waals surface area contributed by atoms with Crippen molar-refractivity contribution in [2.75, 3.05) is 13.2 Å². The summed E-state index contributed by atoms with van der Waals surface area (Å²) in [6.07, 6.45) is 2.24. The lowest BCUT2D eigenvalue weighted by atomic mass is 9.69. The van der Waals surface area contributed by atoms with Crippen molar-refractivity contribution in [2.45, 2.75) is 66.3 Å². The molecule has 1 atom stereocenters. The smallest absolute Gasteiger partial charge is 0.413 e. The van der Waals surface area contributed by atoms with E-state index in [4.69, 9.17) is 14.2 Å². The van der Waals surface area contributed by atoms with Crippen LogP contribution in [0.4, 0.5) is 4.79 Å². The van der Waals surface area contributed by atoms with Crippen molar-refractivity contribution in [3.8, 4) is 5.75 Å². The quantitative estimate of drug-likeness (QED) is 0.353. The normalized spacial score (nSPS) is 12.8. The molecule has 7 nitrogen and oxygen atoms in total. The number of ether oxygens (including phenoxy) is 3. The zero-order valence-electron chi connectivity index (χ0n) is 21.5. The highest BCUT2D eigenvalue weighted by atomic mass is 16.6. The molecule has 0 aliphatic rings. The van der Waals surface area contributed by atoms with E-state index >= 15 is 0 Å². The number of nitrogens with one attached hydrogen (secondary N) is 1. The second-order valence-corrected chi connectivity index (χ2v) is 11.0. The van der Waals surface area contributed by atoms with Gasteiger partial charge in [-0.2, -0.15) is 0 Å². The van der Waals surface area contributed by atoms with Gasteiger partial charge in [0.25, 0.3) is 0 Å². The Morgan fingerprint density at radius 2 is 1.35 bits per heavy atom. The van der Waals surface area contributed by atoms with E-state index in [1.165, 1.54) is 5.56 Å². The van der Waals surface area contributed by atoms with Crippen LogP contribution in [0.25, 0.3) is 0 Å². The van der Waals surface area contributed by atoms with Crippen LogP contribution in [0.5, 0.6) is 5.75 Å². The Bertz CT molecular complexity index is 850. The highest BCUT2D eigenvalue weighted by Crippen LogP contribution is 2.43. The second kappa shape index (κ2) is 11.9. The number of amides is 1. The molecule has 0 fully saturated rings. The Labute approximate surface area is 203 Å². The summed E-state index contributed by atoms with van der Waals surface area (Å²) < 4.78 is 15.5. The minimum atomic E-state index is -1.22. The SMILES string of the molecule is C=CC(=O)OCC(C)(COC(=O)C=C)NC(=O)Oc1ccc(C(CC(C)(C)C)C(C)(C)C)cc1. The lowest BCUT2D eigenvalue weighted by molar-refractivity contribution is -0.144. The first-order valence-corrected chi connectivity index (χ1v) is 11.3. The van der Waals surface area contributed by atoms with E-state index in [9.17, 15) is 14.4 Å². The molecular formula is C27H39NO6. The number of rotatable bonds is 10. The van der Waals surface area contributed by atoms with Crippen LogP contribution in [0.3, 0.4) is 0 Å². The van der Waals surface area contributed by atoms with E-state index in [1.54, 1.807) is 19.1 Å². The van der Waals surface area contributed by atoms with Crippen LogP contribution in [0.2, 0.25) is 0 Å².